The van der Waals surface area contributed by atoms with Gasteiger partial charge in [-0.3, -0.25) is 4.55 Å². The van der Waals surface area contributed by atoms with E-state index in [0.29, 0.717) is 6.61 Å². The van der Waals surface area contributed by atoms with Gasteiger partial charge in [0.2, 0.25) is 0 Å². The second-order valence-corrected chi connectivity index (χ2v) is 7.12. The molecule has 0 heterocycles. The van der Waals surface area contributed by atoms with Crippen LogP contribution in [0.2, 0.25) is 0 Å². The first-order valence-electron chi connectivity index (χ1n) is 8.86. The van der Waals surface area contributed by atoms with Gasteiger partial charge in [-0.15, -0.1) is 0 Å². The van der Waals surface area contributed by atoms with E-state index in [1.54, 1.807) is 18.2 Å². The third kappa shape index (κ3) is 19.8. The average Bonchev–Trinajstić information content (AvgIpc) is 2.63. The molecule has 1 aromatic rings. The van der Waals surface area contributed by atoms with Crippen molar-refractivity contribution in [3.63, 3.8) is 0 Å². The van der Waals surface area contributed by atoms with Crippen LogP contribution >= 0.6 is 0 Å². The van der Waals surface area contributed by atoms with Gasteiger partial charge in [0, 0.05) is 6.61 Å². The molecule has 0 aliphatic heterocycles. The van der Waals surface area contributed by atoms with E-state index in [1.165, 1.54) is 69.9 Å². The second-order valence-electron chi connectivity index (χ2n) is 5.69. The van der Waals surface area contributed by atoms with Gasteiger partial charge in [-0.25, -0.2) is 0 Å². The maximum atomic E-state index is 10.4. The van der Waals surface area contributed by atoms with Gasteiger partial charge in [-0.2, -0.15) is 8.42 Å². The fourth-order valence-electron chi connectivity index (χ4n) is 2.19. The standard InChI is InChI=1S/C12H26O.C6H6O3S.O.Ti/c1-2-3-4-5-6-7-8-9-10-11-12-13;7-10(8,9)6-4-2-1-3-5-6;;/h13H,2-12H2,1H3;1-5H,(H,7,8,9);;. The van der Waals surface area contributed by atoms with E-state index in [2.05, 4.69) is 6.92 Å². The summed E-state index contributed by atoms with van der Waals surface area (Å²) in [6, 6.07) is 7.42. The zero-order valence-corrected chi connectivity index (χ0v) is 17.6. The Morgan fingerprint density at radius 2 is 1.20 bits per heavy atom. The molecule has 2 N–H and O–H groups in total. The summed E-state index contributed by atoms with van der Waals surface area (Å²) >= 11 is 0.750. The monoisotopic (exact) mass is 408 g/mol. The van der Waals surface area contributed by atoms with E-state index < -0.39 is 10.1 Å². The Labute approximate surface area is 164 Å². The molecule has 1 rings (SSSR count). The molecular weight excluding hydrogens is 376 g/mol. The van der Waals surface area contributed by atoms with Crippen LogP contribution in [0.5, 0.6) is 0 Å². The molecule has 0 atom stereocenters. The molecule has 5 nitrogen and oxygen atoms in total. The van der Waals surface area contributed by atoms with Gasteiger partial charge in [0.25, 0.3) is 10.1 Å². The first-order chi connectivity index (χ1) is 12.0. The van der Waals surface area contributed by atoms with Crippen LogP contribution in [0.4, 0.5) is 0 Å². The van der Waals surface area contributed by atoms with Crippen LogP contribution < -0.4 is 0 Å². The molecule has 0 aliphatic carbocycles. The molecule has 1 aromatic carbocycles. The molecule has 7 heteroatoms. The van der Waals surface area contributed by atoms with Crippen molar-refractivity contribution in [2.24, 2.45) is 0 Å². The van der Waals surface area contributed by atoms with E-state index in [4.69, 9.17) is 13.0 Å². The molecule has 0 unspecified atom stereocenters. The van der Waals surface area contributed by atoms with Gasteiger partial charge in [0.1, 0.15) is 0 Å². The van der Waals surface area contributed by atoms with E-state index in [0.717, 1.165) is 26.8 Å². The fourth-order valence-corrected chi connectivity index (χ4v) is 2.69. The van der Waals surface area contributed by atoms with Gasteiger partial charge in [0.05, 0.1) is 4.90 Å². The second kappa shape index (κ2) is 19.9. The summed E-state index contributed by atoms with van der Waals surface area (Å²) in [7, 11) is -4.00. The van der Waals surface area contributed by atoms with Gasteiger partial charge < -0.3 is 5.11 Å². The normalized spacial score (nSPS) is 10.2. The number of benzene rings is 1. The Kier molecular flexibility index (Phi) is 21.4. The summed E-state index contributed by atoms with van der Waals surface area (Å²) in [6.45, 7) is 2.63. The number of hydrogen-bond donors (Lipinski definition) is 2. The quantitative estimate of drug-likeness (QED) is 0.314. The first-order valence-corrected chi connectivity index (χ1v) is 10.9. The Morgan fingerprint density at radius 1 is 0.800 bits per heavy atom. The van der Waals surface area contributed by atoms with Crippen molar-refractivity contribution in [3.05, 3.63) is 30.3 Å². The molecule has 0 aliphatic rings. The fraction of sp³-hybridized carbons (Fsp3) is 0.667. The number of unbranched alkanes of at least 4 members (excludes halogenated alkanes) is 9. The molecule has 0 aromatic heterocycles. The number of rotatable bonds is 11. The predicted molar refractivity (Wildman–Crippen MR) is 95.9 cm³/mol. The molecule has 0 spiro atoms. The van der Waals surface area contributed by atoms with E-state index in [1.807, 2.05) is 0 Å². The number of aliphatic hydroxyl groups is 1. The Balaban J connectivity index is 0. The minimum absolute atomic E-state index is 0.0741. The Hall–Kier alpha value is -0.396. The van der Waals surface area contributed by atoms with Crippen molar-refractivity contribution in [2.45, 2.75) is 76.0 Å². The van der Waals surface area contributed by atoms with Crippen molar-refractivity contribution in [3.8, 4) is 0 Å². The van der Waals surface area contributed by atoms with E-state index in [9.17, 15) is 8.42 Å². The first kappa shape index (κ1) is 26.8. The topological polar surface area (TPSA) is 91.7 Å². The summed E-state index contributed by atoms with van der Waals surface area (Å²) in [6.07, 6.45) is 13.3. The van der Waals surface area contributed by atoms with Crippen LogP contribution in [0.15, 0.2) is 35.2 Å². The third-order valence-electron chi connectivity index (χ3n) is 3.55. The molecule has 144 valence electrons. The molecule has 0 saturated carbocycles. The van der Waals surface area contributed by atoms with E-state index >= 15 is 0 Å². The van der Waals surface area contributed by atoms with Crippen molar-refractivity contribution in [2.75, 3.05) is 6.61 Å². The zero-order valence-electron chi connectivity index (χ0n) is 15.2. The Bertz CT molecular complexity index is 469. The van der Waals surface area contributed by atoms with Crippen LogP contribution in [0.25, 0.3) is 0 Å². The maximum absolute atomic E-state index is 10.4. The number of aliphatic hydroxyl groups excluding tert-OH is 1. The van der Waals surface area contributed by atoms with Gasteiger partial charge in [-0.1, -0.05) is 82.9 Å². The van der Waals surface area contributed by atoms with Crippen LogP contribution in [0.3, 0.4) is 0 Å². The van der Waals surface area contributed by atoms with Crippen molar-refractivity contribution in [1.82, 2.24) is 0 Å². The summed E-state index contributed by atoms with van der Waals surface area (Å²) in [5.41, 5.74) is 0. The molecular formula is C18H32O5STi. The van der Waals surface area contributed by atoms with Crippen molar-refractivity contribution in [1.29, 1.82) is 0 Å². The predicted octanol–water partition coefficient (Wildman–Crippen LogP) is 4.71. The number of hydrogen-bond acceptors (Lipinski definition) is 4. The van der Waals surface area contributed by atoms with Crippen LogP contribution in [-0.2, 0) is 33.8 Å². The van der Waals surface area contributed by atoms with Crippen LogP contribution in [0.1, 0.15) is 71.1 Å². The van der Waals surface area contributed by atoms with Gasteiger partial charge >= 0.3 is 23.7 Å². The molecule has 0 fully saturated rings. The van der Waals surface area contributed by atoms with Crippen molar-refractivity contribution >= 4 is 10.1 Å². The van der Waals surface area contributed by atoms with Crippen molar-refractivity contribution < 1.29 is 41.8 Å². The van der Waals surface area contributed by atoms with Crippen LogP contribution in [-0.4, -0.2) is 24.7 Å². The van der Waals surface area contributed by atoms with Gasteiger partial charge in [-0.05, 0) is 18.6 Å². The van der Waals surface area contributed by atoms with Crippen LogP contribution in [0, 0.1) is 0 Å². The van der Waals surface area contributed by atoms with Gasteiger partial charge in [0.15, 0.2) is 0 Å². The molecule has 0 bridgehead atoms. The summed E-state index contributed by atoms with van der Waals surface area (Å²) in [5, 5.41) is 8.57. The summed E-state index contributed by atoms with van der Waals surface area (Å²) in [5.74, 6) is 0. The molecule has 0 radical (unpaired) electrons. The summed E-state index contributed by atoms with van der Waals surface area (Å²) < 4.78 is 37.5. The average molecular weight is 408 g/mol. The Morgan fingerprint density at radius 3 is 1.52 bits per heavy atom. The zero-order chi connectivity index (χ0) is 19.4. The minimum atomic E-state index is -4.00. The SMILES string of the molecule is CCCCCCCCCCCCO.O=S(=O)(O)c1ccccc1.[O]=[Ti]. The molecule has 0 saturated heterocycles. The molecule has 25 heavy (non-hydrogen) atoms. The molecule has 0 amide bonds. The van der Waals surface area contributed by atoms with E-state index in [-0.39, 0.29) is 4.90 Å². The third-order valence-corrected chi connectivity index (χ3v) is 4.42. The summed E-state index contributed by atoms with van der Waals surface area (Å²) in [4.78, 5) is -0.0741.